The molecule has 1 aliphatic rings. The molecule has 0 radical (unpaired) electrons. The van der Waals surface area contributed by atoms with Gasteiger partial charge in [-0.1, -0.05) is 35.0 Å². The van der Waals surface area contributed by atoms with Gasteiger partial charge in [0.25, 0.3) is 0 Å². The average Bonchev–Trinajstić information content (AvgIpc) is 2.65. The van der Waals surface area contributed by atoms with Crippen molar-refractivity contribution in [1.82, 2.24) is 10.2 Å². The molecule has 1 aliphatic heterocycles. The highest BCUT2D eigenvalue weighted by Gasteiger charge is 2.18. The van der Waals surface area contributed by atoms with Gasteiger partial charge in [0.05, 0.1) is 0 Å². The Morgan fingerprint density at radius 3 is 2.95 bits per heavy atom. The van der Waals surface area contributed by atoms with Crippen LogP contribution in [0, 0.1) is 0 Å². The highest BCUT2D eigenvalue weighted by Crippen LogP contribution is 2.20. The van der Waals surface area contributed by atoms with Crippen LogP contribution >= 0.6 is 15.9 Å². The molecule has 2 rings (SSSR count). The molecule has 112 valence electrons. The molecule has 3 heteroatoms. The maximum absolute atomic E-state index is 3.82. The fourth-order valence-corrected chi connectivity index (χ4v) is 3.51. The third-order valence-electron chi connectivity index (χ3n) is 4.19. The van der Waals surface area contributed by atoms with E-state index in [1.807, 2.05) is 0 Å². The Hall–Kier alpha value is -0.380. The quantitative estimate of drug-likeness (QED) is 0.857. The largest absolute Gasteiger partial charge is 0.307 e. The monoisotopic (exact) mass is 338 g/mol. The number of nitrogens with one attached hydrogen (secondary N) is 1. The number of hydrogen-bond acceptors (Lipinski definition) is 2. The second-order valence-electron chi connectivity index (χ2n) is 5.91. The van der Waals surface area contributed by atoms with Crippen molar-refractivity contribution in [2.75, 3.05) is 19.6 Å². The predicted octanol–water partition coefficient (Wildman–Crippen LogP) is 4.36. The van der Waals surface area contributed by atoms with Gasteiger partial charge in [-0.25, -0.2) is 0 Å². The summed E-state index contributed by atoms with van der Waals surface area (Å²) in [6, 6.07) is 9.72. The van der Waals surface area contributed by atoms with E-state index in [1.165, 1.54) is 55.4 Å². The van der Waals surface area contributed by atoms with Gasteiger partial charge < -0.3 is 10.2 Å². The molecule has 1 heterocycles. The molecule has 2 nitrogen and oxygen atoms in total. The SMILES string of the molecule is CCCN1CCCC(N[C@H](C)c2cccc(Br)c2)CC1. The average molecular weight is 339 g/mol. The molecule has 0 saturated carbocycles. The molecule has 0 amide bonds. The van der Waals surface area contributed by atoms with Crippen LogP contribution in [-0.4, -0.2) is 30.6 Å². The van der Waals surface area contributed by atoms with E-state index < -0.39 is 0 Å². The van der Waals surface area contributed by atoms with Crippen molar-refractivity contribution >= 4 is 15.9 Å². The lowest BCUT2D eigenvalue weighted by Crippen LogP contribution is -2.33. The summed E-state index contributed by atoms with van der Waals surface area (Å²) >= 11 is 3.56. The molecule has 1 aromatic carbocycles. The van der Waals surface area contributed by atoms with Crippen LogP contribution in [0.25, 0.3) is 0 Å². The highest BCUT2D eigenvalue weighted by atomic mass is 79.9. The molecule has 0 aromatic heterocycles. The molecule has 0 bridgehead atoms. The van der Waals surface area contributed by atoms with Crippen LogP contribution in [0.3, 0.4) is 0 Å². The molecule has 1 unspecified atom stereocenters. The number of hydrogen-bond donors (Lipinski definition) is 1. The van der Waals surface area contributed by atoms with Crippen LogP contribution in [0.1, 0.15) is 51.1 Å². The maximum Gasteiger partial charge on any atom is 0.0294 e. The molecule has 1 N–H and O–H groups in total. The first-order valence-corrected chi connectivity index (χ1v) is 8.72. The second kappa shape index (κ2) is 8.16. The van der Waals surface area contributed by atoms with Gasteiger partial charge in [0.15, 0.2) is 0 Å². The second-order valence-corrected chi connectivity index (χ2v) is 6.83. The van der Waals surface area contributed by atoms with E-state index in [0.717, 1.165) is 0 Å². The normalized spacial score (nSPS) is 22.4. The summed E-state index contributed by atoms with van der Waals surface area (Å²) in [5.41, 5.74) is 1.37. The molecule has 1 fully saturated rings. The minimum absolute atomic E-state index is 0.426. The molecule has 20 heavy (non-hydrogen) atoms. The molecule has 1 saturated heterocycles. The smallest absolute Gasteiger partial charge is 0.0294 e. The molecule has 1 aromatic rings. The van der Waals surface area contributed by atoms with Crippen LogP contribution in [0.15, 0.2) is 28.7 Å². The van der Waals surface area contributed by atoms with Gasteiger partial charge in [-0.15, -0.1) is 0 Å². The fourth-order valence-electron chi connectivity index (χ4n) is 3.09. The maximum atomic E-state index is 3.82. The van der Waals surface area contributed by atoms with Crippen LogP contribution in [0.5, 0.6) is 0 Å². The Morgan fingerprint density at radius 2 is 2.20 bits per heavy atom. The van der Waals surface area contributed by atoms with Gasteiger partial charge in [-0.2, -0.15) is 0 Å². The van der Waals surface area contributed by atoms with E-state index >= 15 is 0 Å². The zero-order valence-corrected chi connectivity index (χ0v) is 14.3. The molecule has 2 atom stereocenters. The van der Waals surface area contributed by atoms with E-state index in [0.29, 0.717) is 12.1 Å². The molecule has 0 aliphatic carbocycles. The van der Waals surface area contributed by atoms with Gasteiger partial charge in [0.1, 0.15) is 0 Å². The Morgan fingerprint density at radius 1 is 1.35 bits per heavy atom. The van der Waals surface area contributed by atoms with E-state index in [2.05, 4.69) is 64.3 Å². The topological polar surface area (TPSA) is 15.3 Å². The lowest BCUT2D eigenvalue weighted by Gasteiger charge is -2.23. The third kappa shape index (κ3) is 4.87. The number of likely N-dealkylation sites (tertiary alicyclic amines) is 1. The van der Waals surface area contributed by atoms with Gasteiger partial charge in [-0.3, -0.25) is 0 Å². The van der Waals surface area contributed by atoms with Crippen molar-refractivity contribution in [2.24, 2.45) is 0 Å². The summed E-state index contributed by atoms with van der Waals surface area (Å²) in [5.74, 6) is 0. The zero-order chi connectivity index (χ0) is 14.4. The number of rotatable bonds is 5. The predicted molar refractivity (Wildman–Crippen MR) is 90.1 cm³/mol. The first-order valence-electron chi connectivity index (χ1n) is 7.93. The van der Waals surface area contributed by atoms with E-state index in [4.69, 9.17) is 0 Å². The number of nitrogens with zero attached hydrogens (tertiary/aromatic N) is 1. The van der Waals surface area contributed by atoms with E-state index in [9.17, 15) is 0 Å². The summed E-state index contributed by atoms with van der Waals surface area (Å²) in [6.07, 6.45) is 5.17. The lowest BCUT2D eigenvalue weighted by molar-refractivity contribution is 0.281. The Balaban J connectivity index is 1.86. The van der Waals surface area contributed by atoms with Crippen molar-refractivity contribution in [3.8, 4) is 0 Å². The van der Waals surface area contributed by atoms with Crippen LogP contribution in [-0.2, 0) is 0 Å². The highest BCUT2D eigenvalue weighted by molar-refractivity contribution is 9.10. The lowest BCUT2D eigenvalue weighted by atomic mass is 10.0. The van der Waals surface area contributed by atoms with Gasteiger partial charge in [0, 0.05) is 16.6 Å². The minimum Gasteiger partial charge on any atom is -0.307 e. The number of halogens is 1. The van der Waals surface area contributed by atoms with Gasteiger partial charge in [0.2, 0.25) is 0 Å². The fraction of sp³-hybridized carbons (Fsp3) is 0.647. The summed E-state index contributed by atoms with van der Waals surface area (Å²) in [4.78, 5) is 2.62. The molecular weight excluding hydrogens is 312 g/mol. The van der Waals surface area contributed by atoms with Gasteiger partial charge in [-0.05, 0) is 69.9 Å². The Labute approximate surface area is 132 Å². The third-order valence-corrected chi connectivity index (χ3v) is 4.69. The van der Waals surface area contributed by atoms with Crippen molar-refractivity contribution in [3.05, 3.63) is 34.3 Å². The van der Waals surface area contributed by atoms with E-state index in [1.54, 1.807) is 0 Å². The minimum atomic E-state index is 0.426. The molecular formula is C17H27BrN2. The zero-order valence-electron chi connectivity index (χ0n) is 12.7. The van der Waals surface area contributed by atoms with Crippen LogP contribution in [0.2, 0.25) is 0 Å². The van der Waals surface area contributed by atoms with Crippen molar-refractivity contribution in [3.63, 3.8) is 0 Å². The van der Waals surface area contributed by atoms with Crippen LogP contribution < -0.4 is 5.32 Å². The first-order chi connectivity index (χ1) is 9.69. The Kier molecular flexibility index (Phi) is 6.53. The molecule has 0 spiro atoms. The summed E-state index contributed by atoms with van der Waals surface area (Å²) in [5, 5.41) is 3.82. The number of benzene rings is 1. The summed E-state index contributed by atoms with van der Waals surface area (Å²) < 4.78 is 1.17. The van der Waals surface area contributed by atoms with E-state index in [-0.39, 0.29) is 0 Å². The van der Waals surface area contributed by atoms with Gasteiger partial charge >= 0.3 is 0 Å². The summed E-state index contributed by atoms with van der Waals surface area (Å²) in [6.45, 7) is 8.33. The van der Waals surface area contributed by atoms with Crippen molar-refractivity contribution < 1.29 is 0 Å². The summed E-state index contributed by atoms with van der Waals surface area (Å²) in [7, 11) is 0. The van der Waals surface area contributed by atoms with Crippen molar-refractivity contribution in [1.29, 1.82) is 0 Å². The first kappa shape index (κ1) is 16.0. The Bertz CT molecular complexity index is 408. The van der Waals surface area contributed by atoms with Crippen LogP contribution in [0.4, 0.5) is 0 Å². The standard InChI is InChI=1S/C17H27BrN2/c1-3-10-20-11-5-8-17(9-12-20)19-14(2)15-6-4-7-16(18)13-15/h4,6-7,13-14,17,19H,3,5,8-12H2,1-2H3/t14-,17?/m1/s1. The van der Waals surface area contributed by atoms with Crippen molar-refractivity contribution in [2.45, 2.75) is 51.6 Å².